The van der Waals surface area contributed by atoms with Gasteiger partial charge in [0.15, 0.2) is 0 Å². The van der Waals surface area contributed by atoms with Crippen molar-refractivity contribution in [1.29, 1.82) is 0 Å². The van der Waals surface area contributed by atoms with Gasteiger partial charge in [-0.1, -0.05) is 18.2 Å². The largest absolute Gasteiger partial charge is 0.389 e. The van der Waals surface area contributed by atoms with Crippen molar-refractivity contribution in [1.82, 2.24) is 4.90 Å². The number of para-hydroxylation sites is 1. The first-order chi connectivity index (χ1) is 10.5. The summed E-state index contributed by atoms with van der Waals surface area (Å²) in [7, 11) is 0. The minimum atomic E-state index is -1.01. The van der Waals surface area contributed by atoms with Crippen LogP contribution in [0.4, 0.5) is 5.69 Å². The van der Waals surface area contributed by atoms with Crippen LogP contribution in [0.1, 0.15) is 12.0 Å². The Balaban J connectivity index is 1.56. The van der Waals surface area contributed by atoms with Gasteiger partial charge in [0.05, 0.1) is 12.2 Å². The Morgan fingerprint density at radius 3 is 2.41 bits per heavy atom. The van der Waals surface area contributed by atoms with Crippen molar-refractivity contribution in [2.75, 3.05) is 37.6 Å². The molecule has 0 aliphatic carbocycles. The molecule has 2 unspecified atom stereocenters. The van der Waals surface area contributed by atoms with E-state index in [1.165, 1.54) is 11.3 Å². The van der Waals surface area contributed by atoms with Gasteiger partial charge in [-0.2, -0.15) is 0 Å². The van der Waals surface area contributed by atoms with Crippen LogP contribution in [0.3, 0.4) is 0 Å². The fourth-order valence-electron chi connectivity index (χ4n) is 3.71. The standard InChI is InChI=1S/C17H26N2O3/c1-12-4-2-3-5-14(12)19-7-6-13(9-19)8-18-10-15(20)17(22)16(21)11-18/h2-5,13,15-17,20-22H,6-11H2,1H3/t13-,15?,16?,17?/m1/s1. The van der Waals surface area contributed by atoms with Gasteiger partial charge >= 0.3 is 0 Å². The number of aryl methyl sites for hydroxylation is 1. The first kappa shape index (κ1) is 15.7. The number of nitrogens with zero attached hydrogens (tertiary/aromatic N) is 2. The topological polar surface area (TPSA) is 67.2 Å². The number of hydrogen-bond donors (Lipinski definition) is 3. The summed E-state index contributed by atoms with van der Waals surface area (Å²) in [5.74, 6) is 0.536. The van der Waals surface area contributed by atoms with Crippen LogP contribution in [0.2, 0.25) is 0 Å². The number of β-amino-alcohol motifs (C(OH)–C–C–N with tert-alkyl or cyclic N) is 2. The lowest BCUT2D eigenvalue weighted by Gasteiger charge is -2.38. The van der Waals surface area contributed by atoms with E-state index < -0.39 is 18.3 Å². The van der Waals surface area contributed by atoms with Gasteiger partial charge in [-0.05, 0) is 30.9 Å². The van der Waals surface area contributed by atoms with Crippen LogP contribution in [-0.4, -0.2) is 71.3 Å². The number of hydrogen-bond acceptors (Lipinski definition) is 5. The summed E-state index contributed by atoms with van der Waals surface area (Å²) < 4.78 is 0. The van der Waals surface area contributed by atoms with Crippen LogP contribution in [0.15, 0.2) is 24.3 Å². The van der Waals surface area contributed by atoms with E-state index in [0.29, 0.717) is 19.0 Å². The minimum absolute atomic E-state index is 0.444. The van der Waals surface area contributed by atoms with Crippen LogP contribution < -0.4 is 4.90 Å². The Hall–Kier alpha value is -1.14. The summed E-state index contributed by atoms with van der Waals surface area (Å²) in [6.07, 6.45) is -1.59. The fourth-order valence-corrected chi connectivity index (χ4v) is 3.71. The molecular formula is C17H26N2O3. The van der Waals surface area contributed by atoms with Crippen LogP contribution >= 0.6 is 0 Å². The predicted octanol–water partition coefficient (Wildman–Crippen LogP) is 0.220. The summed E-state index contributed by atoms with van der Waals surface area (Å²) in [6.45, 7) is 5.95. The third kappa shape index (κ3) is 3.27. The number of anilines is 1. The molecule has 2 aliphatic rings. The fraction of sp³-hybridized carbons (Fsp3) is 0.647. The SMILES string of the molecule is Cc1ccccc1N1CC[C@H](CN2CC(O)C(O)C(O)C2)C1. The van der Waals surface area contributed by atoms with Gasteiger partial charge in [0, 0.05) is 38.4 Å². The maximum absolute atomic E-state index is 9.80. The highest BCUT2D eigenvalue weighted by Crippen LogP contribution is 2.27. The number of rotatable bonds is 3. The maximum atomic E-state index is 9.80. The van der Waals surface area contributed by atoms with Gasteiger partial charge in [-0.3, -0.25) is 4.90 Å². The van der Waals surface area contributed by atoms with E-state index in [1.54, 1.807) is 0 Å². The second-order valence-electron chi connectivity index (χ2n) is 6.73. The molecule has 1 aromatic carbocycles. The molecule has 0 bridgehead atoms. The Morgan fingerprint density at radius 2 is 1.73 bits per heavy atom. The summed E-state index contributed by atoms with van der Waals surface area (Å²) >= 11 is 0. The van der Waals surface area contributed by atoms with Gasteiger partial charge in [0.25, 0.3) is 0 Å². The zero-order valence-corrected chi connectivity index (χ0v) is 13.1. The first-order valence-corrected chi connectivity index (χ1v) is 8.11. The average Bonchev–Trinajstić information content (AvgIpc) is 2.93. The van der Waals surface area contributed by atoms with E-state index in [0.717, 1.165) is 26.1 Å². The minimum Gasteiger partial charge on any atom is -0.389 e. The van der Waals surface area contributed by atoms with E-state index >= 15 is 0 Å². The Morgan fingerprint density at radius 1 is 1.05 bits per heavy atom. The summed E-state index contributed by atoms with van der Waals surface area (Å²) in [6, 6.07) is 8.45. The molecule has 2 saturated heterocycles. The highest BCUT2D eigenvalue weighted by molar-refractivity contribution is 5.53. The van der Waals surface area contributed by atoms with Crippen molar-refractivity contribution in [2.45, 2.75) is 31.7 Å². The smallest absolute Gasteiger partial charge is 0.108 e. The van der Waals surface area contributed by atoms with Crippen molar-refractivity contribution in [3.05, 3.63) is 29.8 Å². The molecule has 5 nitrogen and oxygen atoms in total. The molecule has 122 valence electrons. The number of likely N-dealkylation sites (tertiary alicyclic amines) is 1. The molecule has 2 aliphatic heterocycles. The van der Waals surface area contributed by atoms with E-state index in [-0.39, 0.29) is 0 Å². The number of aliphatic hydroxyl groups excluding tert-OH is 3. The molecule has 0 radical (unpaired) electrons. The molecule has 0 amide bonds. The summed E-state index contributed by atoms with van der Waals surface area (Å²) in [5, 5.41) is 29.2. The monoisotopic (exact) mass is 306 g/mol. The van der Waals surface area contributed by atoms with Gasteiger partial charge in [-0.15, -0.1) is 0 Å². The van der Waals surface area contributed by atoms with Gasteiger partial charge in [0.1, 0.15) is 6.10 Å². The Labute approximate surface area is 131 Å². The second kappa shape index (κ2) is 6.54. The van der Waals surface area contributed by atoms with Gasteiger partial charge in [0.2, 0.25) is 0 Å². The van der Waals surface area contributed by atoms with Crippen LogP contribution in [-0.2, 0) is 0 Å². The van der Waals surface area contributed by atoms with Crippen molar-refractivity contribution < 1.29 is 15.3 Å². The van der Waals surface area contributed by atoms with E-state index in [9.17, 15) is 15.3 Å². The highest BCUT2D eigenvalue weighted by atomic mass is 16.4. The summed E-state index contributed by atoms with van der Waals surface area (Å²) in [5.41, 5.74) is 2.61. The molecule has 0 saturated carbocycles. The molecule has 0 spiro atoms. The molecule has 2 fully saturated rings. The molecule has 3 rings (SSSR count). The lowest BCUT2D eigenvalue weighted by molar-refractivity contribution is -0.111. The van der Waals surface area contributed by atoms with E-state index in [2.05, 4.69) is 41.0 Å². The Kier molecular flexibility index (Phi) is 4.68. The molecule has 0 aromatic heterocycles. The molecule has 3 atom stereocenters. The first-order valence-electron chi connectivity index (χ1n) is 8.11. The normalized spacial score (nSPS) is 33.4. The van der Waals surface area contributed by atoms with Gasteiger partial charge in [-0.25, -0.2) is 0 Å². The second-order valence-corrected chi connectivity index (χ2v) is 6.73. The van der Waals surface area contributed by atoms with Crippen molar-refractivity contribution >= 4 is 5.69 Å². The van der Waals surface area contributed by atoms with Gasteiger partial charge < -0.3 is 20.2 Å². The third-order valence-electron chi connectivity index (χ3n) is 4.94. The maximum Gasteiger partial charge on any atom is 0.108 e. The lowest BCUT2D eigenvalue weighted by atomic mass is 10.00. The van der Waals surface area contributed by atoms with Crippen molar-refractivity contribution in [3.63, 3.8) is 0 Å². The molecular weight excluding hydrogens is 280 g/mol. The molecule has 1 aromatic rings. The number of piperidine rings is 1. The van der Waals surface area contributed by atoms with Crippen LogP contribution in [0, 0.1) is 12.8 Å². The predicted molar refractivity (Wildman–Crippen MR) is 86.0 cm³/mol. The number of aliphatic hydroxyl groups is 3. The molecule has 2 heterocycles. The highest BCUT2D eigenvalue weighted by Gasteiger charge is 2.35. The molecule has 22 heavy (non-hydrogen) atoms. The lowest BCUT2D eigenvalue weighted by Crippen LogP contribution is -2.56. The third-order valence-corrected chi connectivity index (χ3v) is 4.94. The van der Waals surface area contributed by atoms with Crippen molar-refractivity contribution in [3.8, 4) is 0 Å². The quantitative estimate of drug-likeness (QED) is 0.745. The zero-order valence-electron chi connectivity index (χ0n) is 13.1. The van der Waals surface area contributed by atoms with Crippen molar-refractivity contribution in [2.24, 2.45) is 5.92 Å². The summed E-state index contributed by atoms with van der Waals surface area (Å²) in [4.78, 5) is 4.50. The van der Waals surface area contributed by atoms with E-state index in [1.807, 2.05) is 0 Å². The average molecular weight is 306 g/mol. The Bertz CT molecular complexity index is 498. The number of benzene rings is 1. The molecule has 5 heteroatoms. The molecule has 3 N–H and O–H groups in total. The van der Waals surface area contributed by atoms with Crippen LogP contribution in [0.5, 0.6) is 0 Å². The van der Waals surface area contributed by atoms with Crippen LogP contribution in [0.25, 0.3) is 0 Å². The zero-order chi connectivity index (χ0) is 15.7. The van der Waals surface area contributed by atoms with E-state index in [4.69, 9.17) is 0 Å².